The van der Waals surface area contributed by atoms with Crippen molar-refractivity contribution >= 4 is 0 Å². The van der Waals surface area contributed by atoms with Gasteiger partial charge in [-0.25, -0.2) is 0 Å². The summed E-state index contributed by atoms with van der Waals surface area (Å²) in [5.41, 5.74) is 0. The summed E-state index contributed by atoms with van der Waals surface area (Å²) in [4.78, 5) is 0. The fourth-order valence-corrected chi connectivity index (χ4v) is 1.23. The summed E-state index contributed by atoms with van der Waals surface area (Å²) in [6.45, 7) is 6.47. The van der Waals surface area contributed by atoms with Crippen molar-refractivity contribution in [2.75, 3.05) is 26.8 Å². The normalized spacial score (nSPS) is 15.7. The lowest BCUT2D eigenvalue weighted by atomic mass is 10.0. The molecule has 0 aliphatic rings. The lowest BCUT2D eigenvalue weighted by molar-refractivity contribution is 0.168. The van der Waals surface area contributed by atoms with E-state index >= 15 is 0 Å². The molecule has 3 heteroatoms. The summed E-state index contributed by atoms with van der Waals surface area (Å²) in [6.07, 6.45) is 2.01. The van der Waals surface area contributed by atoms with E-state index in [9.17, 15) is 0 Å². The standard InChI is InChI=1S/C10H23NO2/c1-4-10(5-6-13-3)8-11-7-9(2)12/h9-12H,4-8H2,1-3H3/t9-,10+/m1/s1. The highest BCUT2D eigenvalue weighted by Crippen LogP contribution is 2.06. The van der Waals surface area contributed by atoms with Gasteiger partial charge in [0.15, 0.2) is 0 Å². The van der Waals surface area contributed by atoms with Gasteiger partial charge in [0.1, 0.15) is 0 Å². The van der Waals surface area contributed by atoms with E-state index in [0.29, 0.717) is 12.5 Å². The average Bonchev–Trinajstić information content (AvgIpc) is 2.10. The van der Waals surface area contributed by atoms with Crippen molar-refractivity contribution in [1.29, 1.82) is 0 Å². The van der Waals surface area contributed by atoms with Crippen LogP contribution >= 0.6 is 0 Å². The summed E-state index contributed by atoms with van der Waals surface area (Å²) >= 11 is 0. The molecular formula is C10H23NO2. The minimum Gasteiger partial charge on any atom is -0.392 e. The zero-order chi connectivity index (χ0) is 10.1. The van der Waals surface area contributed by atoms with Crippen molar-refractivity contribution in [3.8, 4) is 0 Å². The lowest BCUT2D eigenvalue weighted by Crippen LogP contribution is -2.29. The first-order valence-corrected chi connectivity index (χ1v) is 5.08. The predicted molar refractivity (Wildman–Crippen MR) is 54.8 cm³/mol. The molecule has 0 heterocycles. The molecule has 80 valence electrons. The van der Waals surface area contributed by atoms with E-state index in [1.165, 1.54) is 0 Å². The van der Waals surface area contributed by atoms with Crippen LogP contribution < -0.4 is 5.32 Å². The Labute approximate surface area is 81.5 Å². The van der Waals surface area contributed by atoms with Gasteiger partial charge in [-0.1, -0.05) is 13.3 Å². The average molecular weight is 189 g/mol. The molecule has 3 nitrogen and oxygen atoms in total. The first-order chi connectivity index (χ1) is 6.20. The Morgan fingerprint density at radius 3 is 2.54 bits per heavy atom. The van der Waals surface area contributed by atoms with Crippen LogP contribution in [0.4, 0.5) is 0 Å². The maximum Gasteiger partial charge on any atom is 0.0636 e. The highest BCUT2D eigenvalue weighted by molar-refractivity contribution is 4.62. The summed E-state index contributed by atoms with van der Waals surface area (Å²) in [5.74, 6) is 0.665. The van der Waals surface area contributed by atoms with E-state index in [1.807, 2.05) is 0 Å². The second-order valence-electron chi connectivity index (χ2n) is 3.56. The second kappa shape index (κ2) is 8.48. The Morgan fingerprint density at radius 2 is 2.08 bits per heavy atom. The van der Waals surface area contributed by atoms with E-state index in [4.69, 9.17) is 9.84 Å². The minimum atomic E-state index is -0.250. The van der Waals surface area contributed by atoms with Gasteiger partial charge in [-0.2, -0.15) is 0 Å². The molecule has 0 unspecified atom stereocenters. The van der Waals surface area contributed by atoms with Gasteiger partial charge >= 0.3 is 0 Å². The number of hydrogen-bond acceptors (Lipinski definition) is 3. The molecule has 2 atom stereocenters. The molecule has 0 aromatic carbocycles. The molecule has 0 saturated carbocycles. The van der Waals surface area contributed by atoms with Crippen LogP contribution in [0.15, 0.2) is 0 Å². The molecule has 0 fully saturated rings. The number of methoxy groups -OCH3 is 1. The Morgan fingerprint density at radius 1 is 1.38 bits per heavy atom. The second-order valence-corrected chi connectivity index (χ2v) is 3.56. The summed E-state index contributed by atoms with van der Waals surface area (Å²) in [7, 11) is 1.73. The molecule has 0 bridgehead atoms. The number of nitrogens with one attached hydrogen (secondary N) is 1. The summed E-state index contributed by atoms with van der Waals surface area (Å²) in [6, 6.07) is 0. The van der Waals surface area contributed by atoms with E-state index in [1.54, 1.807) is 14.0 Å². The van der Waals surface area contributed by atoms with Gasteiger partial charge in [0, 0.05) is 20.3 Å². The maximum absolute atomic E-state index is 9.03. The van der Waals surface area contributed by atoms with Gasteiger partial charge in [0.05, 0.1) is 6.10 Å². The Bertz CT molecular complexity index is 107. The first kappa shape index (κ1) is 12.9. The minimum absolute atomic E-state index is 0.250. The van der Waals surface area contributed by atoms with Gasteiger partial charge < -0.3 is 15.2 Å². The molecule has 0 saturated heterocycles. The zero-order valence-electron chi connectivity index (χ0n) is 9.05. The third kappa shape index (κ3) is 8.22. The van der Waals surface area contributed by atoms with Crippen LogP contribution in [0.5, 0.6) is 0 Å². The van der Waals surface area contributed by atoms with Gasteiger partial charge in [-0.15, -0.1) is 0 Å². The van der Waals surface area contributed by atoms with Gasteiger partial charge in [-0.05, 0) is 25.8 Å². The van der Waals surface area contributed by atoms with Crippen molar-refractivity contribution < 1.29 is 9.84 Å². The number of rotatable bonds is 8. The van der Waals surface area contributed by atoms with Gasteiger partial charge in [-0.3, -0.25) is 0 Å². The quantitative estimate of drug-likeness (QED) is 0.599. The van der Waals surface area contributed by atoms with Crippen LogP contribution in [0.1, 0.15) is 26.7 Å². The van der Waals surface area contributed by atoms with E-state index in [-0.39, 0.29) is 6.10 Å². The number of aliphatic hydroxyl groups excluding tert-OH is 1. The number of ether oxygens (including phenoxy) is 1. The van der Waals surface area contributed by atoms with Crippen LogP contribution in [-0.2, 0) is 4.74 Å². The monoisotopic (exact) mass is 189 g/mol. The Hall–Kier alpha value is -0.120. The molecule has 0 aromatic rings. The van der Waals surface area contributed by atoms with E-state index < -0.39 is 0 Å². The lowest BCUT2D eigenvalue weighted by Gasteiger charge is -2.15. The molecule has 2 N–H and O–H groups in total. The third-order valence-corrected chi connectivity index (χ3v) is 2.18. The molecule has 0 aromatic heterocycles. The van der Waals surface area contributed by atoms with Gasteiger partial charge in [0.25, 0.3) is 0 Å². The van der Waals surface area contributed by atoms with E-state index in [2.05, 4.69) is 12.2 Å². The molecule has 0 rings (SSSR count). The SMILES string of the molecule is CC[C@@H](CCOC)CNC[C@@H](C)O. The van der Waals surface area contributed by atoms with Crippen LogP contribution in [0.3, 0.4) is 0 Å². The molecular weight excluding hydrogens is 166 g/mol. The largest absolute Gasteiger partial charge is 0.392 e. The van der Waals surface area contributed by atoms with Crippen molar-refractivity contribution in [2.45, 2.75) is 32.8 Å². The molecule has 0 radical (unpaired) electrons. The van der Waals surface area contributed by atoms with E-state index in [0.717, 1.165) is 26.0 Å². The molecule has 0 amide bonds. The van der Waals surface area contributed by atoms with Gasteiger partial charge in [0.2, 0.25) is 0 Å². The third-order valence-electron chi connectivity index (χ3n) is 2.18. The van der Waals surface area contributed by atoms with Crippen LogP contribution in [0.2, 0.25) is 0 Å². The van der Waals surface area contributed by atoms with Crippen LogP contribution in [0.25, 0.3) is 0 Å². The van der Waals surface area contributed by atoms with Crippen molar-refractivity contribution in [3.63, 3.8) is 0 Å². The van der Waals surface area contributed by atoms with Crippen LogP contribution in [0, 0.1) is 5.92 Å². The fourth-order valence-electron chi connectivity index (χ4n) is 1.23. The highest BCUT2D eigenvalue weighted by atomic mass is 16.5. The van der Waals surface area contributed by atoms with Crippen molar-refractivity contribution in [2.24, 2.45) is 5.92 Å². The fraction of sp³-hybridized carbons (Fsp3) is 1.00. The number of aliphatic hydroxyl groups is 1. The number of hydrogen-bond donors (Lipinski definition) is 2. The summed E-state index contributed by atoms with van der Waals surface area (Å²) < 4.78 is 5.02. The smallest absolute Gasteiger partial charge is 0.0636 e. The first-order valence-electron chi connectivity index (χ1n) is 5.08. The van der Waals surface area contributed by atoms with Crippen molar-refractivity contribution in [3.05, 3.63) is 0 Å². The molecule has 0 aliphatic carbocycles. The predicted octanol–water partition coefficient (Wildman–Crippen LogP) is 1.02. The van der Waals surface area contributed by atoms with Crippen molar-refractivity contribution in [1.82, 2.24) is 5.32 Å². The van der Waals surface area contributed by atoms with Crippen LogP contribution in [-0.4, -0.2) is 38.0 Å². The maximum atomic E-state index is 9.03. The Balaban J connectivity index is 3.36. The topological polar surface area (TPSA) is 41.5 Å². The molecule has 0 aliphatic heterocycles. The zero-order valence-corrected chi connectivity index (χ0v) is 9.05. The highest BCUT2D eigenvalue weighted by Gasteiger charge is 2.05. The molecule has 0 spiro atoms. The summed E-state index contributed by atoms with van der Waals surface area (Å²) in [5, 5.41) is 12.3. The molecule has 13 heavy (non-hydrogen) atoms. The Kier molecular flexibility index (Phi) is 8.40.